The van der Waals surface area contributed by atoms with Crippen LogP contribution in [-0.4, -0.2) is 10.4 Å². The van der Waals surface area contributed by atoms with Gasteiger partial charge >= 0.3 is 0 Å². The predicted octanol–water partition coefficient (Wildman–Crippen LogP) is 1.33. The molecular weight excluding hydrogens is 92.1 g/mol. The maximum Gasteiger partial charge on any atom is 0.190 e. The van der Waals surface area contributed by atoms with Crippen LogP contribution in [0.15, 0.2) is 0 Å². The smallest absolute Gasteiger partial charge is 0.190 e. The number of hydrogen-bond acceptors (Lipinski definition) is 2. The van der Waals surface area contributed by atoms with Crippen LogP contribution in [0.4, 0.5) is 0 Å². The monoisotopic (exact) mass is 102 g/mol. The van der Waals surface area contributed by atoms with Crippen molar-refractivity contribution in [2.45, 2.75) is 26.3 Å². The Morgan fingerprint density at radius 3 is 1.57 bits per heavy atom. The third-order valence-corrected chi connectivity index (χ3v) is 0.609. The van der Waals surface area contributed by atoms with Gasteiger partial charge in [0.2, 0.25) is 0 Å². The average Bonchev–Trinajstić information content (AvgIpc) is 1.31. The molecule has 0 aromatic heterocycles. The van der Waals surface area contributed by atoms with Crippen LogP contribution >= 0.6 is 0 Å². The van der Waals surface area contributed by atoms with Crippen molar-refractivity contribution in [3.8, 4) is 0 Å². The van der Waals surface area contributed by atoms with Gasteiger partial charge in [0.15, 0.2) is 5.54 Å². The molecule has 3 nitrogen and oxygen atoms in total. The Labute approximate surface area is 43.0 Å². The van der Waals surface area contributed by atoms with E-state index in [-0.39, 0.29) is 4.86 Å². The summed E-state index contributed by atoms with van der Waals surface area (Å²) in [6.07, 6.45) is 0. The lowest BCUT2D eigenvalue weighted by Crippen LogP contribution is -2.25. The average molecular weight is 102 g/mol. The Bertz CT molecular complexity index is 82.2. The lowest BCUT2D eigenvalue weighted by Gasteiger charge is -2.12. The van der Waals surface area contributed by atoms with Gasteiger partial charge in [-0.15, -0.1) is 0 Å². The topological polar surface area (TPSA) is 49.9 Å². The Kier molecular flexibility index (Phi) is 1.35. The number of rotatable bonds is 0. The lowest BCUT2D eigenvalue weighted by molar-refractivity contribution is -0.619. The molecule has 1 N–H and O–H groups in total. The molecule has 0 heterocycles. The summed E-state index contributed by atoms with van der Waals surface area (Å²) in [7, 11) is 0. The molecule has 0 aromatic carbocycles. The molecule has 0 unspecified atom stereocenters. The van der Waals surface area contributed by atoms with Crippen molar-refractivity contribution in [1.29, 1.82) is 5.53 Å². The minimum atomic E-state index is -0.556. The zero-order chi connectivity index (χ0) is 6.08. The molecular formula is C4H10N2O. The molecule has 0 aliphatic heterocycles. The number of nitrogens with one attached hydrogen (secondary N) is 1. The zero-order valence-electron chi connectivity index (χ0n) is 4.86. The Morgan fingerprint density at radius 2 is 1.57 bits per heavy atom. The largest absolute Gasteiger partial charge is 0.600 e. The third-order valence-electron chi connectivity index (χ3n) is 0.609. The van der Waals surface area contributed by atoms with Gasteiger partial charge in [-0.25, -0.2) is 0 Å². The number of hydrogen-bond donors (Lipinski definition) is 1. The van der Waals surface area contributed by atoms with E-state index in [9.17, 15) is 5.21 Å². The summed E-state index contributed by atoms with van der Waals surface area (Å²) in [5.74, 6) is 0. The SMILES string of the molecule is CC(C)(C)[N+](=N)[O-]. The molecule has 0 spiro atoms. The Hall–Kier alpha value is -0.600. The molecule has 0 fully saturated rings. The molecule has 0 atom stereocenters. The minimum Gasteiger partial charge on any atom is -0.600 e. The van der Waals surface area contributed by atoms with Gasteiger partial charge in [-0.3, -0.25) is 0 Å². The highest BCUT2D eigenvalue weighted by atomic mass is 16.5. The van der Waals surface area contributed by atoms with E-state index in [1.807, 2.05) is 0 Å². The standard InChI is InChI=1S/C4H10N2O/c1-4(2,3)6(5)7/h5H,1-3H3. The normalized spacial score (nSPS) is 11.3. The van der Waals surface area contributed by atoms with E-state index < -0.39 is 5.54 Å². The molecule has 0 saturated heterocycles. The first-order chi connectivity index (χ1) is 2.94. The first-order valence-electron chi connectivity index (χ1n) is 2.13. The second kappa shape index (κ2) is 1.48. The van der Waals surface area contributed by atoms with E-state index in [1.54, 1.807) is 20.8 Å². The van der Waals surface area contributed by atoms with Gasteiger partial charge in [0.05, 0.1) is 0 Å². The van der Waals surface area contributed by atoms with Crippen LogP contribution in [0.3, 0.4) is 0 Å². The fraction of sp³-hybridized carbons (Fsp3) is 1.00. The molecule has 0 radical (unpaired) electrons. The summed E-state index contributed by atoms with van der Waals surface area (Å²) < 4.78 is 0. The van der Waals surface area contributed by atoms with Crippen molar-refractivity contribution in [3.63, 3.8) is 0 Å². The van der Waals surface area contributed by atoms with Gasteiger partial charge in [-0.2, -0.15) is 0 Å². The van der Waals surface area contributed by atoms with Gasteiger partial charge in [0.1, 0.15) is 0 Å². The van der Waals surface area contributed by atoms with Gasteiger partial charge < -0.3 is 5.21 Å². The van der Waals surface area contributed by atoms with Gasteiger partial charge in [0, 0.05) is 20.8 Å². The highest BCUT2D eigenvalue weighted by Crippen LogP contribution is 2.02. The van der Waals surface area contributed by atoms with E-state index in [2.05, 4.69) is 0 Å². The first kappa shape index (κ1) is 6.40. The second-order valence-electron chi connectivity index (χ2n) is 2.47. The molecule has 3 heteroatoms. The Balaban J connectivity index is 3.79. The highest BCUT2D eigenvalue weighted by Gasteiger charge is 2.17. The van der Waals surface area contributed by atoms with E-state index in [4.69, 9.17) is 5.53 Å². The van der Waals surface area contributed by atoms with E-state index >= 15 is 0 Å². The zero-order valence-corrected chi connectivity index (χ0v) is 4.86. The van der Waals surface area contributed by atoms with Crippen molar-refractivity contribution in [1.82, 2.24) is 0 Å². The molecule has 0 aromatic rings. The third kappa shape index (κ3) is 2.14. The second-order valence-corrected chi connectivity index (χ2v) is 2.47. The molecule has 0 aliphatic carbocycles. The summed E-state index contributed by atoms with van der Waals surface area (Å²) in [4.78, 5) is 0.188. The van der Waals surface area contributed by atoms with Crippen LogP contribution in [0.2, 0.25) is 0 Å². The first-order valence-corrected chi connectivity index (χ1v) is 2.13. The van der Waals surface area contributed by atoms with Crippen LogP contribution in [0.5, 0.6) is 0 Å². The molecule has 0 saturated carbocycles. The summed E-state index contributed by atoms with van der Waals surface area (Å²) in [5.41, 5.74) is 5.95. The van der Waals surface area contributed by atoms with E-state index in [0.29, 0.717) is 0 Å². The van der Waals surface area contributed by atoms with Crippen LogP contribution in [0.25, 0.3) is 0 Å². The van der Waals surface area contributed by atoms with Crippen LogP contribution in [0, 0.1) is 10.7 Å². The molecule has 0 amide bonds. The lowest BCUT2D eigenvalue weighted by atomic mass is 10.1. The number of hydroxylamine groups is 1. The summed E-state index contributed by atoms with van der Waals surface area (Å²) >= 11 is 0. The summed E-state index contributed by atoms with van der Waals surface area (Å²) in [6, 6.07) is 0. The molecule has 0 bridgehead atoms. The minimum absolute atomic E-state index is 0.188. The molecule has 7 heavy (non-hydrogen) atoms. The van der Waals surface area contributed by atoms with Gasteiger partial charge in [-0.1, -0.05) is 4.86 Å². The van der Waals surface area contributed by atoms with Crippen molar-refractivity contribution in [2.75, 3.05) is 0 Å². The van der Waals surface area contributed by atoms with Gasteiger partial charge in [0.25, 0.3) is 0 Å². The quantitative estimate of drug-likeness (QED) is 0.280. The molecule has 42 valence electrons. The highest BCUT2D eigenvalue weighted by molar-refractivity contribution is 4.53. The molecule has 0 rings (SSSR count). The van der Waals surface area contributed by atoms with Crippen molar-refractivity contribution in [3.05, 3.63) is 5.21 Å². The maximum atomic E-state index is 10.0. The van der Waals surface area contributed by atoms with Gasteiger partial charge in [-0.05, 0) is 5.53 Å². The molecule has 0 aliphatic rings. The fourth-order valence-corrected chi connectivity index (χ4v) is 0. The Morgan fingerprint density at radius 1 is 1.43 bits per heavy atom. The van der Waals surface area contributed by atoms with Crippen molar-refractivity contribution in [2.24, 2.45) is 0 Å². The predicted molar refractivity (Wildman–Crippen MR) is 26.1 cm³/mol. The summed E-state index contributed by atoms with van der Waals surface area (Å²) in [6.45, 7) is 5.06. The fourth-order valence-electron chi connectivity index (χ4n) is 0. The van der Waals surface area contributed by atoms with Crippen LogP contribution in [0.1, 0.15) is 20.8 Å². The number of nitrogens with zero attached hydrogens (tertiary/aromatic N) is 1. The van der Waals surface area contributed by atoms with E-state index in [1.165, 1.54) is 0 Å². The van der Waals surface area contributed by atoms with Crippen molar-refractivity contribution >= 4 is 0 Å². The summed E-state index contributed by atoms with van der Waals surface area (Å²) in [5, 5.41) is 10.0. The van der Waals surface area contributed by atoms with Crippen molar-refractivity contribution < 1.29 is 4.86 Å². The van der Waals surface area contributed by atoms with Crippen LogP contribution < -0.4 is 0 Å². The van der Waals surface area contributed by atoms with E-state index in [0.717, 1.165) is 0 Å². The maximum absolute atomic E-state index is 10.0. The van der Waals surface area contributed by atoms with Crippen LogP contribution in [-0.2, 0) is 0 Å².